The molecule has 1 heterocycles. The van der Waals surface area contributed by atoms with Crippen molar-refractivity contribution in [1.82, 2.24) is 0 Å². The van der Waals surface area contributed by atoms with Crippen LogP contribution in [0.4, 0.5) is 0 Å². The minimum atomic E-state index is -6.28. The second kappa shape index (κ2) is 6.43. The average Bonchev–Trinajstić information content (AvgIpc) is 2.25. The van der Waals surface area contributed by atoms with Crippen molar-refractivity contribution in [3.05, 3.63) is 42.6 Å². The van der Waals surface area contributed by atoms with Crippen molar-refractivity contribution in [1.29, 1.82) is 0 Å². The van der Waals surface area contributed by atoms with Crippen LogP contribution in [-0.2, 0) is 31.3 Å². The van der Waals surface area contributed by atoms with Gasteiger partial charge in [0.25, 0.3) is 0 Å². The molecule has 8 nitrogen and oxygen atoms in total. The van der Waals surface area contributed by atoms with Crippen LogP contribution in [-0.4, -0.2) is 9.79 Å². The van der Waals surface area contributed by atoms with E-state index in [1.54, 1.807) is 0 Å². The van der Waals surface area contributed by atoms with E-state index in [4.69, 9.17) is 9.79 Å². The Bertz CT molecular complexity index is 631. The molecule has 19 heavy (non-hydrogen) atoms. The van der Waals surface area contributed by atoms with E-state index in [1.807, 2.05) is 24.4 Å². The molecule has 0 aliphatic rings. The third-order valence-corrected chi connectivity index (χ3v) is 4.92. The van der Waals surface area contributed by atoms with Crippen LogP contribution in [0.1, 0.15) is 0 Å². The molecule has 2 aromatic rings. The van der Waals surface area contributed by atoms with Gasteiger partial charge in [-0.2, -0.15) is 0 Å². The van der Waals surface area contributed by atoms with Crippen molar-refractivity contribution in [2.75, 3.05) is 0 Å². The summed E-state index contributed by atoms with van der Waals surface area (Å²) >= 11 is -6.28. The van der Waals surface area contributed by atoms with Crippen molar-refractivity contribution in [2.45, 2.75) is 0 Å². The maximum absolute atomic E-state index is 9.57. The Hall–Kier alpha value is -1.01. The van der Waals surface area contributed by atoms with Gasteiger partial charge >= 0.3 is 52.7 Å². The van der Waals surface area contributed by atoms with Gasteiger partial charge in [-0.1, -0.05) is 12.1 Å². The number of pyridine rings is 1. The second-order valence-corrected chi connectivity index (χ2v) is 7.47. The number of para-hydroxylation sites is 1. The number of aromatic amines is 1. The van der Waals surface area contributed by atoms with E-state index >= 15 is 0 Å². The first-order valence-corrected chi connectivity index (χ1v) is 9.56. The van der Waals surface area contributed by atoms with E-state index in [0.717, 1.165) is 0 Å². The molecule has 0 radical (unpaired) electrons. The van der Waals surface area contributed by atoms with Gasteiger partial charge in [-0.05, 0) is 12.1 Å². The first-order chi connectivity index (χ1) is 8.67. The van der Waals surface area contributed by atoms with Gasteiger partial charge in [0.05, 0.1) is 0 Å². The second-order valence-electron chi connectivity index (χ2n) is 3.23. The first kappa shape index (κ1) is 16.0. The molecule has 0 spiro atoms. The quantitative estimate of drug-likeness (QED) is 0.550. The maximum atomic E-state index is 9.57. The number of rotatable bonds is 2. The molecule has 0 saturated heterocycles. The van der Waals surface area contributed by atoms with Crippen molar-refractivity contribution in [2.24, 2.45) is 0 Å². The van der Waals surface area contributed by atoms with Crippen LogP contribution in [0.5, 0.6) is 0 Å². The van der Waals surface area contributed by atoms with Crippen LogP contribution in [0.25, 0.3) is 10.9 Å². The number of aromatic nitrogens is 1. The molecule has 0 aliphatic carbocycles. The third kappa shape index (κ3) is 7.22. The van der Waals surface area contributed by atoms with E-state index in [0.29, 0.717) is 0 Å². The predicted octanol–water partition coefficient (Wildman–Crippen LogP) is -0.215. The van der Waals surface area contributed by atoms with Gasteiger partial charge < -0.3 is 0 Å². The van der Waals surface area contributed by atoms with Crippen LogP contribution in [0, 0.1) is 0 Å². The Kier molecular flexibility index (Phi) is 5.43. The minimum Gasteiger partial charge on any atom is -0.211 e. The largest absolute Gasteiger partial charge is 0.211 e. The van der Waals surface area contributed by atoms with Crippen molar-refractivity contribution in [3.63, 3.8) is 0 Å². The number of hydrogen-bond donors (Lipinski definition) is 2. The van der Waals surface area contributed by atoms with Crippen molar-refractivity contribution in [3.8, 4) is 0 Å². The first-order valence-electron chi connectivity index (χ1n) is 4.75. The summed E-state index contributed by atoms with van der Waals surface area (Å²) in [6.45, 7) is 0. The van der Waals surface area contributed by atoms with Crippen LogP contribution >= 0.6 is 7.82 Å². The summed E-state index contributed by atoms with van der Waals surface area (Å²) in [5.41, 5.74) is 1.19. The zero-order valence-electron chi connectivity index (χ0n) is 9.33. The van der Waals surface area contributed by atoms with Gasteiger partial charge in [0.15, 0.2) is 6.20 Å². The minimum absolute atomic E-state index is 1.19. The van der Waals surface area contributed by atoms with Crippen molar-refractivity contribution < 1.29 is 49.8 Å². The molecule has 10 heteroatoms. The molecular weight excluding hydrogens is 361 g/mol. The van der Waals surface area contributed by atoms with Crippen LogP contribution < -0.4 is 8.74 Å². The number of nitrogens with one attached hydrogen (secondary N) is 1. The number of fused-ring (bicyclic) bond motifs is 1. The summed E-state index contributed by atoms with van der Waals surface area (Å²) in [6, 6.07) is 12.3. The molecule has 3 N–H and O–H groups in total. The molecule has 2 rings (SSSR count). The fourth-order valence-corrected chi connectivity index (χ4v) is 3.17. The number of benzene rings is 1. The van der Waals surface area contributed by atoms with E-state index in [-0.39, 0.29) is 0 Å². The fraction of sp³-hybridized carbons (Fsp3) is 0. The molecule has 1 aromatic heterocycles. The van der Waals surface area contributed by atoms with Gasteiger partial charge in [0.2, 0.25) is 5.52 Å². The topological polar surface area (TPSA) is 138 Å². The molecular formula is C9H10MoNO7P. The zero-order valence-corrected chi connectivity index (χ0v) is 12.2. The Morgan fingerprint density at radius 2 is 1.74 bits per heavy atom. The van der Waals surface area contributed by atoms with E-state index in [9.17, 15) is 15.1 Å². The Balaban J connectivity index is 0.000000192. The Morgan fingerprint density at radius 1 is 1.16 bits per heavy atom. The molecule has 0 aliphatic heterocycles. The molecule has 1 aromatic carbocycles. The number of hydrogen-bond acceptors (Lipinski definition) is 5. The third-order valence-electron chi connectivity index (χ3n) is 1.76. The maximum Gasteiger partial charge on any atom is 0.210 e. The Morgan fingerprint density at radius 3 is 2.21 bits per heavy atom. The van der Waals surface area contributed by atoms with Gasteiger partial charge in [-0.25, -0.2) is 4.98 Å². The normalized spacial score (nSPS) is 11.7. The molecule has 0 amide bonds. The average molecular weight is 371 g/mol. The Labute approximate surface area is 111 Å². The number of H-pyrrole nitrogens is 1. The van der Waals surface area contributed by atoms with Crippen LogP contribution in [0.15, 0.2) is 42.6 Å². The van der Waals surface area contributed by atoms with Crippen LogP contribution in [0.3, 0.4) is 0 Å². The van der Waals surface area contributed by atoms with Crippen LogP contribution in [0.2, 0.25) is 0 Å². The smallest absolute Gasteiger partial charge is 0.210 e. The van der Waals surface area contributed by atoms with Gasteiger partial charge in [-0.15, -0.1) is 0 Å². The summed E-state index contributed by atoms with van der Waals surface area (Å²) in [5, 5.41) is 1.25. The summed E-state index contributed by atoms with van der Waals surface area (Å²) in [7, 11) is -5.14. The summed E-state index contributed by atoms with van der Waals surface area (Å²) in [6.07, 6.45) is 1.93. The SMILES string of the molecule is O=P(O)(O)[O][Mo](=[O])(=[O])[O-].c1ccc2[nH+]cccc2c1. The molecule has 0 saturated carbocycles. The molecule has 0 unspecified atom stereocenters. The van der Waals surface area contributed by atoms with Gasteiger partial charge in [0.1, 0.15) is 0 Å². The summed E-state index contributed by atoms with van der Waals surface area (Å²) < 4.78 is 40.8. The van der Waals surface area contributed by atoms with E-state index in [1.165, 1.54) is 10.9 Å². The molecule has 0 fully saturated rings. The summed E-state index contributed by atoms with van der Waals surface area (Å²) in [5.74, 6) is 0. The molecule has 0 bridgehead atoms. The fourth-order valence-electron chi connectivity index (χ4n) is 1.18. The van der Waals surface area contributed by atoms with Gasteiger partial charge in [-0.3, -0.25) is 0 Å². The predicted molar refractivity (Wildman–Crippen MR) is 55.0 cm³/mol. The monoisotopic (exact) mass is 373 g/mol. The number of phosphoric acid groups is 1. The summed E-state index contributed by atoms with van der Waals surface area (Å²) in [4.78, 5) is 18.5. The van der Waals surface area contributed by atoms with Crippen molar-refractivity contribution >= 4 is 18.7 Å². The zero-order chi connectivity index (χ0) is 14.5. The standard InChI is InChI=1S/C9H7N.Mo.H3O4P.3O/c1-2-6-9-8(4-1)5-3-7-10-9;;1-5(2,3)4;;;/h1-7H;;(H3,1,2,3,4);;;/q;+1;;;;-1. The molecule has 0 atom stereocenters. The molecule has 104 valence electrons. The van der Waals surface area contributed by atoms with Gasteiger partial charge in [0, 0.05) is 17.5 Å². The van der Waals surface area contributed by atoms with E-state index in [2.05, 4.69) is 26.4 Å². The van der Waals surface area contributed by atoms with E-state index < -0.39 is 24.6 Å².